The van der Waals surface area contributed by atoms with Gasteiger partial charge in [0.2, 0.25) is 0 Å². The van der Waals surface area contributed by atoms with Gasteiger partial charge in [-0.2, -0.15) is 0 Å². The molecule has 39 heavy (non-hydrogen) atoms. The number of ether oxygens (including phenoxy) is 1. The number of rotatable bonds is 24. The molecule has 0 aromatic rings. The fourth-order valence-corrected chi connectivity index (χ4v) is 3.72. The Labute approximate surface area is 234 Å². The van der Waals surface area contributed by atoms with Gasteiger partial charge in [0.1, 0.15) is 19.3 Å². The molecule has 1 unspecified atom stereocenters. The summed E-state index contributed by atoms with van der Waals surface area (Å²) in [4.78, 5) is 25.6. The molecule has 11 heteroatoms. The lowest BCUT2D eigenvalue weighted by atomic mass is 10.1. The van der Waals surface area contributed by atoms with E-state index in [4.69, 9.17) is 19.0 Å². The van der Waals surface area contributed by atoms with Crippen LogP contribution in [0.2, 0.25) is 0 Å². The molecule has 0 radical (unpaired) electrons. The number of carbonyl (C=O) groups is 1. The topological polar surface area (TPSA) is 132 Å². The quantitative estimate of drug-likeness (QED) is 0.0210. The van der Waals surface area contributed by atoms with Crippen molar-refractivity contribution >= 4 is 13.8 Å². The highest BCUT2D eigenvalue weighted by molar-refractivity contribution is 7.47. The van der Waals surface area contributed by atoms with Gasteiger partial charge >= 0.3 is 13.8 Å². The number of unbranched alkanes of at least 4 members (excludes halogenated alkanes) is 7. The summed E-state index contributed by atoms with van der Waals surface area (Å²) in [5.41, 5.74) is 0. The monoisotopic (exact) mass is 574 g/mol. The van der Waals surface area contributed by atoms with E-state index in [0.717, 1.165) is 19.3 Å². The van der Waals surface area contributed by atoms with E-state index >= 15 is 0 Å². The fraction of sp³-hybridized carbons (Fsp3) is 0.607. The van der Waals surface area contributed by atoms with Crippen LogP contribution in [-0.2, 0) is 28.0 Å². The Balaban J connectivity index is 4.03. The van der Waals surface area contributed by atoms with Crippen LogP contribution in [0, 0.1) is 0 Å². The van der Waals surface area contributed by atoms with Gasteiger partial charge in [-0.25, -0.2) is 14.2 Å². The van der Waals surface area contributed by atoms with Crippen LogP contribution in [0.15, 0.2) is 60.8 Å². The molecule has 0 saturated heterocycles. The van der Waals surface area contributed by atoms with Crippen LogP contribution in [0.25, 0.3) is 0 Å². The highest BCUT2D eigenvalue weighted by atomic mass is 31.2. The van der Waals surface area contributed by atoms with Gasteiger partial charge in [-0.15, -0.1) is 0 Å². The SMILES string of the molecule is C[N+](C)(C)CCOP(=O)(O)OC[C@@H](CO)OC(=O)C=CC=CC=CC=CC=CCCCCCCCCCOO. The standard InChI is InChI=1S/C28H48NO9P/c1-29(2,3)22-24-36-39(33,34)37-26-27(25-30)38-28(31)21-19-17-15-13-11-9-7-5-4-6-8-10-12-14-16-18-20-23-35-32/h4-5,7,9,11,13,15,17,19,21,27,30H,6,8,10,12,14,16,18,20,22-26H2,1-3H3,(H-,32,33,34)/p+1/t27-/m1/s1. The number of quaternary nitrogens is 1. The van der Waals surface area contributed by atoms with E-state index < -0.39 is 33.1 Å². The summed E-state index contributed by atoms with van der Waals surface area (Å²) in [7, 11) is 1.43. The summed E-state index contributed by atoms with van der Waals surface area (Å²) in [6.07, 6.45) is 25.8. The minimum Gasteiger partial charge on any atom is -0.454 e. The fourth-order valence-electron chi connectivity index (χ4n) is 2.98. The van der Waals surface area contributed by atoms with Gasteiger partial charge < -0.3 is 19.2 Å². The second-order valence-electron chi connectivity index (χ2n) is 9.89. The molecule has 0 aliphatic carbocycles. The van der Waals surface area contributed by atoms with Gasteiger partial charge in [0.05, 0.1) is 41.0 Å². The summed E-state index contributed by atoms with van der Waals surface area (Å²) in [5, 5.41) is 17.6. The van der Waals surface area contributed by atoms with Crippen LogP contribution in [0.5, 0.6) is 0 Å². The lowest BCUT2D eigenvalue weighted by molar-refractivity contribution is -0.870. The van der Waals surface area contributed by atoms with Crippen molar-refractivity contribution in [1.82, 2.24) is 0 Å². The van der Waals surface area contributed by atoms with Gasteiger partial charge in [-0.3, -0.25) is 14.3 Å². The lowest BCUT2D eigenvalue weighted by Gasteiger charge is -2.24. The molecule has 3 N–H and O–H groups in total. The minimum atomic E-state index is -4.31. The third kappa shape index (κ3) is 27.5. The zero-order valence-electron chi connectivity index (χ0n) is 23.7. The van der Waals surface area contributed by atoms with Gasteiger partial charge in [0.25, 0.3) is 0 Å². The summed E-state index contributed by atoms with van der Waals surface area (Å²) >= 11 is 0. The number of aliphatic hydroxyl groups excluding tert-OH is 1. The minimum absolute atomic E-state index is 0.0168. The maximum Gasteiger partial charge on any atom is 0.472 e. The van der Waals surface area contributed by atoms with E-state index in [1.54, 1.807) is 12.2 Å². The molecule has 0 fully saturated rings. The highest BCUT2D eigenvalue weighted by Crippen LogP contribution is 2.43. The van der Waals surface area contributed by atoms with Gasteiger partial charge in [-0.05, 0) is 19.3 Å². The third-order valence-electron chi connectivity index (χ3n) is 5.18. The zero-order valence-corrected chi connectivity index (χ0v) is 24.6. The maximum absolute atomic E-state index is 11.9. The molecule has 0 spiro atoms. The average molecular weight is 575 g/mol. The first-order valence-corrected chi connectivity index (χ1v) is 14.9. The van der Waals surface area contributed by atoms with Crippen molar-refractivity contribution in [3.8, 4) is 0 Å². The number of esters is 1. The number of hydrogen-bond donors (Lipinski definition) is 3. The molecule has 0 aliphatic rings. The van der Waals surface area contributed by atoms with Gasteiger partial charge in [-0.1, -0.05) is 86.8 Å². The van der Waals surface area contributed by atoms with E-state index in [0.29, 0.717) is 17.6 Å². The van der Waals surface area contributed by atoms with E-state index in [9.17, 15) is 19.4 Å². The Hall–Kier alpha value is -1.88. The zero-order chi connectivity index (χ0) is 29.2. The summed E-state index contributed by atoms with van der Waals surface area (Å²) in [6.45, 7) is -0.101. The molecule has 0 aliphatic heterocycles. The number of phosphoric ester groups is 1. The first kappa shape index (κ1) is 37.1. The molecule has 0 amide bonds. The van der Waals surface area contributed by atoms with Crippen molar-refractivity contribution in [3.63, 3.8) is 0 Å². The van der Waals surface area contributed by atoms with Crippen molar-refractivity contribution in [2.45, 2.75) is 57.5 Å². The highest BCUT2D eigenvalue weighted by Gasteiger charge is 2.25. The molecule has 224 valence electrons. The molecule has 2 atom stereocenters. The second kappa shape index (κ2) is 24.0. The number of phosphoric acid groups is 1. The number of nitrogens with zero attached hydrogens (tertiary/aromatic N) is 1. The van der Waals surface area contributed by atoms with Crippen LogP contribution >= 0.6 is 7.82 Å². The number of carbonyl (C=O) groups excluding carboxylic acids is 1. The maximum atomic E-state index is 11.9. The van der Waals surface area contributed by atoms with Crippen molar-refractivity contribution < 1.29 is 47.8 Å². The number of allylic oxidation sites excluding steroid dienone is 9. The van der Waals surface area contributed by atoms with Crippen molar-refractivity contribution in [2.24, 2.45) is 0 Å². The number of likely N-dealkylation sites (N-methyl/N-ethyl adjacent to an activating group) is 1. The molecule has 0 heterocycles. The Morgan fingerprint density at radius 3 is 1.97 bits per heavy atom. The molecular formula is C28H49NO9P+. The first-order chi connectivity index (χ1) is 18.6. The van der Waals surface area contributed by atoms with E-state index in [-0.39, 0.29) is 6.61 Å². The largest absolute Gasteiger partial charge is 0.472 e. The van der Waals surface area contributed by atoms with Crippen LogP contribution in [0.4, 0.5) is 0 Å². The lowest BCUT2D eigenvalue weighted by Crippen LogP contribution is -2.37. The summed E-state index contributed by atoms with van der Waals surface area (Å²) < 4.78 is 27.2. The summed E-state index contributed by atoms with van der Waals surface area (Å²) in [6, 6.07) is 0. The number of aliphatic hydroxyl groups is 1. The van der Waals surface area contributed by atoms with Crippen molar-refractivity contribution in [3.05, 3.63) is 60.8 Å². The molecule has 0 rings (SSSR count). The molecule has 10 nitrogen and oxygen atoms in total. The van der Waals surface area contributed by atoms with Gasteiger partial charge in [0.15, 0.2) is 0 Å². The molecule has 0 aromatic heterocycles. The third-order valence-corrected chi connectivity index (χ3v) is 6.16. The Morgan fingerprint density at radius 1 is 0.821 bits per heavy atom. The second-order valence-corrected chi connectivity index (χ2v) is 11.3. The smallest absolute Gasteiger partial charge is 0.454 e. The molecule has 0 aromatic carbocycles. The normalized spacial score (nSPS) is 15.3. The van der Waals surface area contributed by atoms with Crippen LogP contribution < -0.4 is 0 Å². The van der Waals surface area contributed by atoms with Crippen molar-refractivity contribution in [1.29, 1.82) is 0 Å². The molecular weight excluding hydrogens is 525 g/mol. The Morgan fingerprint density at radius 2 is 1.38 bits per heavy atom. The number of hydrogen-bond acceptors (Lipinski definition) is 8. The average Bonchev–Trinajstić information content (AvgIpc) is 2.87. The Kier molecular flexibility index (Phi) is 22.8. The van der Waals surface area contributed by atoms with E-state index in [1.807, 2.05) is 51.5 Å². The predicted octanol–water partition coefficient (Wildman–Crippen LogP) is 5.12. The van der Waals surface area contributed by atoms with Crippen molar-refractivity contribution in [2.75, 3.05) is 54.1 Å². The van der Waals surface area contributed by atoms with Gasteiger partial charge in [0, 0.05) is 6.08 Å². The molecule has 0 bridgehead atoms. The Bertz CT molecular complexity index is 816. The molecule has 0 saturated carbocycles. The van der Waals surface area contributed by atoms with E-state index in [1.165, 1.54) is 44.3 Å². The van der Waals surface area contributed by atoms with Crippen LogP contribution in [0.1, 0.15) is 51.4 Å². The predicted molar refractivity (Wildman–Crippen MR) is 153 cm³/mol. The van der Waals surface area contributed by atoms with Crippen LogP contribution in [-0.4, -0.2) is 85.9 Å². The van der Waals surface area contributed by atoms with Crippen LogP contribution in [0.3, 0.4) is 0 Å². The summed E-state index contributed by atoms with van der Waals surface area (Å²) in [5.74, 6) is -0.719. The van der Waals surface area contributed by atoms with E-state index in [2.05, 4.69) is 11.0 Å². The first-order valence-electron chi connectivity index (χ1n) is 13.4.